The zero-order valence-electron chi connectivity index (χ0n) is 12.6. The summed E-state index contributed by atoms with van der Waals surface area (Å²) in [6.45, 7) is 5.24. The monoisotopic (exact) mass is 291 g/mol. The Morgan fingerprint density at radius 3 is 2.48 bits per heavy atom. The van der Waals surface area contributed by atoms with Gasteiger partial charge in [-0.3, -0.25) is 4.79 Å². The number of carbonyl (C=O) groups excluding carboxylic acids is 1. The predicted molar refractivity (Wildman–Crippen MR) is 78.1 cm³/mol. The fraction of sp³-hybridized carbons (Fsp3) is 0.500. The Morgan fingerprint density at radius 2 is 2.00 bits per heavy atom. The SMILES string of the molecule is CC(=O)N(C1CC1)C(C(=O)O)c1cccc(OC(C)C)c1. The Morgan fingerprint density at radius 1 is 1.33 bits per heavy atom. The van der Waals surface area contributed by atoms with E-state index in [0.717, 1.165) is 12.8 Å². The van der Waals surface area contributed by atoms with Gasteiger partial charge in [-0.2, -0.15) is 0 Å². The summed E-state index contributed by atoms with van der Waals surface area (Å²) in [5.41, 5.74) is 0.572. The topological polar surface area (TPSA) is 66.8 Å². The number of hydrogen-bond acceptors (Lipinski definition) is 3. The summed E-state index contributed by atoms with van der Waals surface area (Å²) in [5.74, 6) is -0.605. The lowest BCUT2D eigenvalue weighted by Gasteiger charge is -2.28. The van der Waals surface area contributed by atoms with Gasteiger partial charge in [0.25, 0.3) is 0 Å². The molecule has 1 aromatic rings. The highest BCUT2D eigenvalue weighted by Gasteiger charge is 2.40. The van der Waals surface area contributed by atoms with Gasteiger partial charge in [0.05, 0.1) is 6.10 Å². The van der Waals surface area contributed by atoms with Gasteiger partial charge < -0.3 is 14.7 Å². The number of carboxylic acids is 1. The number of carbonyl (C=O) groups is 2. The predicted octanol–water partition coefficient (Wildman–Crippen LogP) is 2.61. The first-order valence-electron chi connectivity index (χ1n) is 7.18. The van der Waals surface area contributed by atoms with Gasteiger partial charge in [-0.05, 0) is 44.4 Å². The van der Waals surface area contributed by atoms with Crippen molar-refractivity contribution in [2.45, 2.75) is 51.8 Å². The van der Waals surface area contributed by atoms with E-state index in [1.54, 1.807) is 24.3 Å². The molecule has 1 amide bonds. The highest BCUT2D eigenvalue weighted by atomic mass is 16.5. The van der Waals surface area contributed by atoms with Crippen LogP contribution in [0.25, 0.3) is 0 Å². The van der Waals surface area contributed by atoms with Crippen molar-refractivity contribution in [2.24, 2.45) is 0 Å². The summed E-state index contributed by atoms with van der Waals surface area (Å²) in [5, 5.41) is 9.56. The number of ether oxygens (including phenoxy) is 1. The molecule has 0 saturated heterocycles. The van der Waals surface area contributed by atoms with E-state index in [1.165, 1.54) is 11.8 Å². The van der Waals surface area contributed by atoms with Crippen LogP contribution in [0.4, 0.5) is 0 Å². The van der Waals surface area contributed by atoms with Crippen LogP contribution < -0.4 is 4.74 Å². The molecular weight excluding hydrogens is 270 g/mol. The van der Waals surface area contributed by atoms with Crippen LogP contribution in [0.5, 0.6) is 5.75 Å². The minimum absolute atomic E-state index is 0.0101. The van der Waals surface area contributed by atoms with Crippen LogP contribution in [0.15, 0.2) is 24.3 Å². The molecule has 0 heterocycles. The van der Waals surface area contributed by atoms with Crippen molar-refractivity contribution in [1.29, 1.82) is 0 Å². The Labute approximate surface area is 124 Å². The highest BCUT2D eigenvalue weighted by Crippen LogP contribution is 2.35. The number of benzene rings is 1. The van der Waals surface area contributed by atoms with Gasteiger partial charge in [0.2, 0.25) is 5.91 Å². The molecule has 0 aromatic heterocycles. The smallest absolute Gasteiger partial charge is 0.331 e. The number of carboxylic acid groups (broad SMARTS) is 1. The maximum absolute atomic E-state index is 11.8. The molecule has 1 saturated carbocycles. The molecule has 1 aliphatic rings. The summed E-state index contributed by atoms with van der Waals surface area (Å²) in [6.07, 6.45) is 1.74. The van der Waals surface area contributed by atoms with Crippen LogP contribution >= 0.6 is 0 Å². The average molecular weight is 291 g/mol. The van der Waals surface area contributed by atoms with Crippen molar-refractivity contribution >= 4 is 11.9 Å². The van der Waals surface area contributed by atoms with Gasteiger partial charge in [-0.25, -0.2) is 4.79 Å². The van der Waals surface area contributed by atoms with Gasteiger partial charge in [0.1, 0.15) is 5.75 Å². The maximum atomic E-state index is 11.8. The maximum Gasteiger partial charge on any atom is 0.331 e. The Kier molecular flexibility index (Phi) is 4.50. The molecule has 1 aromatic carbocycles. The summed E-state index contributed by atoms with van der Waals surface area (Å²) < 4.78 is 5.60. The van der Waals surface area contributed by atoms with Gasteiger partial charge in [0.15, 0.2) is 6.04 Å². The third-order valence-corrected chi connectivity index (χ3v) is 3.36. The second kappa shape index (κ2) is 6.16. The zero-order chi connectivity index (χ0) is 15.6. The molecule has 0 spiro atoms. The Balaban J connectivity index is 2.33. The van der Waals surface area contributed by atoms with E-state index in [2.05, 4.69) is 0 Å². The lowest BCUT2D eigenvalue weighted by atomic mass is 10.0. The highest BCUT2D eigenvalue weighted by molar-refractivity contribution is 5.84. The third-order valence-electron chi connectivity index (χ3n) is 3.36. The van der Waals surface area contributed by atoms with Gasteiger partial charge in [-0.15, -0.1) is 0 Å². The molecule has 0 radical (unpaired) electrons. The summed E-state index contributed by atoms with van der Waals surface area (Å²) in [7, 11) is 0. The molecule has 1 atom stereocenters. The number of hydrogen-bond donors (Lipinski definition) is 1. The van der Waals surface area contributed by atoms with Crippen molar-refractivity contribution in [3.63, 3.8) is 0 Å². The largest absolute Gasteiger partial charge is 0.491 e. The molecule has 1 unspecified atom stereocenters. The summed E-state index contributed by atoms with van der Waals surface area (Å²) in [6, 6.07) is 6.07. The van der Waals surface area contributed by atoms with E-state index in [4.69, 9.17) is 4.74 Å². The number of amides is 1. The van der Waals surface area contributed by atoms with Crippen LogP contribution in [0, 0.1) is 0 Å². The van der Waals surface area contributed by atoms with Crippen LogP contribution in [0.2, 0.25) is 0 Å². The van der Waals surface area contributed by atoms with Crippen LogP contribution in [-0.2, 0) is 9.59 Å². The van der Waals surface area contributed by atoms with E-state index < -0.39 is 12.0 Å². The minimum atomic E-state index is -1.02. The molecule has 114 valence electrons. The van der Waals surface area contributed by atoms with Crippen molar-refractivity contribution in [2.75, 3.05) is 0 Å². The lowest BCUT2D eigenvalue weighted by Crippen LogP contribution is -2.39. The number of rotatable bonds is 6. The van der Waals surface area contributed by atoms with Crippen molar-refractivity contribution in [3.8, 4) is 5.75 Å². The van der Waals surface area contributed by atoms with E-state index in [-0.39, 0.29) is 18.1 Å². The van der Waals surface area contributed by atoms with E-state index in [1.807, 2.05) is 13.8 Å². The molecule has 2 rings (SSSR count). The Hall–Kier alpha value is -2.04. The molecule has 1 fully saturated rings. The van der Waals surface area contributed by atoms with Gasteiger partial charge in [-0.1, -0.05) is 12.1 Å². The molecule has 5 heteroatoms. The molecule has 1 N–H and O–H groups in total. The van der Waals surface area contributed by atoms with Crippen molar-refractivity contribution < 1.29 is 19.4 Å². The Bertz CT molecular complexity index is 537. The molecule has 1 aliphatic carbocycles. The molecule has 0 aliphatic heterocycles. The van der Waals surface area contributed by atoms with E-state index >= 15 is 0 Å². The number of aliphatic carboxylic acids is 1. The van der Waals surface area contributed by atoms with Crippen LogP contribution in [0.1, 0.15) is 45.2 Å². The zero-order valence-corrected chi connectivity index (χ0v) is 12.6. The first-order chi connectivity index (χ1) is 9.90. The minimum Gasteiger partial charge on any atom is -0.491 e. The first-order valence-corrected chi connectivity index (χ1v) is 7.18. The molecular formula is C16H21NO4. The van der Waals surface area contributed by atoms with Crippen molar-refractivity contribution in [3.05, 3.63) is 29.8 Å². The number of nitrogens with zero attached hydrogens (tertiary/aromatic N) is 1. The lowest BCUT2D eigenvalue weighted by molar-refractivity contribution is -0.150. The van der Waals surface area contributed by atoms with Gasteiger partial charge in [0, 0.05) is 13.0 Å². The van der Waals surface area contributed by atoms with E-state index in [9.17, 15) is 14.7 Å². The standard InChI is InChI=1S/C16H21NO4/c1-10(2)21-14-6-4-5-12(9-14)15(16(19)20)17(11(3)18)13-7-8-13/h4-6,9-10,13,15H,7-8H2,1-3H3,(H,19,20). The molecule has 0 bridgehead atoms. The second-order valence-electron chi connectivity index (χ2n) is 5.64. The average Bonchev–Trinajstić information content (AvgIpc) is 3.18. The van der Waals surface area contributed by atoms with Crippen molar-refractivity contribution in [1.82, 2.24) is 4.90 Å². The third kappa shape index (κ3) is 3.74. The molecule has 21 heavy (non-hydrogen) atoms. The van der Waals surface area contributed by atoms with Gasteiger partial charge >= 0.3 is 5.97 Å². The van der Waals surface area contributed by atoms with Crippen LogP contribution in [0.3, 0.4) is 0 Å². The van der Waals surface area contributed by atoms with Crippen LogP contribution in [-0.4, -0.2) is 34.0 Å². The quantitative estimate of drug-likeness (QED) is 0.875. The second-order valence-corrected chi connectivity index (χ2v) is 5.64. The normalized spacial score (nSPS) is 15.6. The fourth-order valence-electron chi connectivity index (χ4n) is 2.45. The summed E-state index contributed by atoms with van der Waals surface area (Å²) in [4.78, 5) is 25.0. The first kappa shape index (κ1) is 15.4. The fourth-order valence-corrected chi connectivity index (χ4v) is 2.45. The van der Waals surface area contributed by atoms with E-state index in [0.29, 0.717) is 11.3 Å². The summed E-state index contributed by atoms with van der Waals surface area (Å²) >= 11 is 0. The molecule has 5 nitrogen and oxygen atoms in total.